The van der Waals surface area contributed by atoms with Gasteiger partial charge in [-0.1, -0.05) is 24.3 Å². The molecule has 0 bridgehead atoms. The lowest BCUT2D eigenvalue weighted by atomic mass is 10.2. The van der Waals surface area contributed by atoms with Crippen LogP contribution >= 0.6 is 0 Å². The fourth-order valence-electron chi connectivity index (χ4n) is 2.19. The summed E-state index contributed by atoms with van der Waals surface area (Å²) in [4.78, 5) is 12.2. The number of benzene rings is 2. The number of sulfonamides is 1. The number of amides is 1. The van der Waals surface area contributed by atoms with Crippen molar-refractivity contribution < 1.29 is 13.2 Å². The fourth-order valence-corrected chi connectivity index (χ4v) is 3.64. The van der Waals surface area contributed by atoms with Gasteiger partial charge in [-0.05, 0) is 50.2 Å². The second kappa shape index (κ2) is 8.44. The highest BCUT2D eigenvalue weighted by Gasteiger charge is 2.23. The minimum Gasteiger partial charge on any atom is -0.267 e. The first-order valence-electron chi connectivity index (χ1n) is 7.96. The van der Waals surface area contributed by atoms with Crippen LogP contribution in [0.25, 0.3) is 0 Å². The molecule has 7 heteroatoms. The maximum absolute atomic E-state index is 12.9. The predicted molar refractivity (Wildman–Crippen MR) is 104 cm³/mol. The highest BCUT2D eigenvalue weighted by molar-refractivity contribution is 7.92. The zero-order valence-corrected chi connectivity index (χ0v) is 15.5. The monoisotopic (exact) mass is 371 g/mol. The van der Waals surface area contributed by atoms with E-state index in [1.165, 1.54) is 10.4 Å². The van der Waals surface area contributed by atoms with Crippen molar-refractivity contribution in [3.05, 3.63) is 72.8 Å². The predicted octanol–water partition coefficient (Wildman–Crippen LogP) is 3.19. The molecule has 1 amide bonds. The molecule has 0 spiro atoms. The van der Waals surface area contributed by atoms with Crippen LogP contribution in [0, 0.1) is 0 Å². The van der Waals surface area contributed by atoms with Gasteiger partial charge in [0.2, 0.25) is 0 Å². The van der Waals surface area contributed by atoms with Gasteiger partial charge >= 0.3 is 0 Å². The van der Waals surface area contributed by atoms with E-state index in [1.54, 1.807) is 68.4 Å². The third kappa shape index (κ3) is 4.58. The van der Waals surface area contributed by atoms with Gasteiger partial charge in [0.15, 0.2) is 0 Å². The van der Waals surface area contributed by atoms with Gasteiger partial charge in [0, 0.05) is 11.3 Å². The summed E-state index contributed by atoms with van der Waals surface area (Å²) in [5.74, 6) is -0.362. The Balaban J connectivity index is 2.32. The summed E-state index contributed by atoms with van der Waals surface area (Å²) >= 11 is 0. The quantitative estimate of drug-likeness (QED) is 0.461. The number of rotatable bonds is 7. The Morgan fingerprint density at radius 1 is 1.12 bits per heavy atom. The van der Waals surface area contributed by atoms with E-state index in [0.29, 0.717) is 11.3 Å². The van der Waals surface area contributed by atoms with Gasteiger partial charge in [0.1, 0.15) is 0 Å². The number of hydrazone groups is 1. The van der Waals surface area contributed by atoms with Gasteiger partial charge < -0.3 is 0 Å². The topological polar surface area (TPSA) is 78.8 Å². The molecule has 0 aliphatic rings. The van der Waals surface area contributed by atoms with E-state index in [-0.39, 0.29) is 17.3 Å². The summed E-state index contributed by atoms with van der Waals surface area (Å²) in [6.07, 6.45) is 1.51. The standard InChI is InChI=1S/C19H21N3O3S/c1-4-14-22(26(24,25)18-8-6-5-7-9-18)17-12-10-16(11-13-17)19(23)21-20-15(2)3/h4-13H,1,14H2,2-3H3,(H,21,23). The highest BCUT2D eigenvalue weighted by Crippen LogP contribution is 2.24. The van der Waals surface area contributed by atoms with Gasteiger partial charge in [0.25, 0.3) is 15.9 Å². The Kier molecular flexibility index (Phi) is 6.30. The molecule has 0 saturated heterocycles. The first-order valence-corrected chi connectivity index (χ1v) is 9.40. The van der Waals surface area contributed by atoms with E-state index in [4.69, 9.17) is 0 Å². The third-order valence-electron chi connectivity index (χ3n) is 3.42. The van der Waals surface area contributed by atoms with Crippen LogP contribution in [0.2, 0.25) is 0 Å². The van der Waals surface area contributed by atoms with Crippen LogP contribution in [0.5, 0.6) is 0 Å². The summed E-state index contributed by atoms with van der Waals surface area (Å²) in [6.45, 7) is 7.29. The second-order valence-electron chi connectivity index (χ2n) is 5.68. The van der Waals surface area contributed by atoms with Crippen molar-refractivity contribution in [1.29, 1.82) is 0 Å². The lowest BCUT2D eigenvalue weighted by Crippen LogP contribution is -2.31. The SMILES string of the molecule is C=CCN(c1ccc(C(=O)NN=C(C)C)cc1)S(=O)(=O)c1ccccc1. The van der Waals surface area contributed by atoms with Crippen molar-refractivity contribution in [3.63, 3.8) is 0 Å². The molecule has 0 atom stereocenters. The van der Waals surface area contributed by atoms with Crippen LogP contribution in [0.1, 0.15) is 24.2 Å². The lowest BCUT2D eigenvalue weighted by molar-refractivity contribution is 0.0954. The summed E-state index contributed by atoms with van der Waals surface area (Å²) in [6, 6.07) is 14.5. The number of hydrogen-bond acceptors (Lipinski definition) is 4. The minimum atomic E-state index is -3.73. The van der Waals surface area contributed by atoms with Crippen molar-refractivity contribution in [2.24, 2.45) is 5.10 Å². The van der Waals surface area contributed by atoms with Crippen LogP contribution in [0.15, 0.2) is 77.2 Å². The Labute approximate surface area is 153 Å². The number of nitrogens with one attached hydrogen (secondary N) is 1. The van der Waals surface area contributed by atoms with Crippen LogP contribution in [0.4, 0.5) is 5.69 Å². The first-order chi connectivity index (χ1) is 12.4. The summed E-state index contributed by atoms with van der Waals surface area (Å²) in [5, 5.41) is 3.86. The van der Waals surface area contributed by atoms with Crippen LogP contribution in [-0.2, 0) is 10.0 Å². The average Bonchev–Trinajstić information content (AvgIpc) is 2.65. The smallest absolute Gasteiger partial charge is 0.267 e. The van der Waals surface area contributed by atoms with Crippen molar-refractivity contribution in [2.45, 2.75) is 18.7 Å². The molecule has 0 fully saturated rings. The van der Waals surface area contributed by atoms with E-state index >= 15 is 0 Å². The zero-order chi connectivity index (χ0) is 19.2. The molecule has 1 N–H and O–H groups in total. The van der Waals surface area contributed by atoms with Gasteiger partial charge in [-0.3, -0.25) is 9.10 Å². The number of anilines is 1. The summed E-state index contributed by atoms with van der Waals surface area (Å²) in [7, 11) is -3.73. The maximum Gasteiger partial charge on any atom is 0.271 e. The zero-order valence-electron chi connectivity index (χ0n) is 14.7. The molecule has 26 heavy (non-hydrogen) atoms. The molecular formula is C19H21N3O3S. The van der Waals surface area contributed by atoms with E-state index < -0.39 is 10.0 Å². The molecule has 136 valence electrons. The van der Waals surface area contributed by atoms with Crippen molar-refractivity contribution >= 4 is 27.3 Å². The third-order valence-corrected chi connectivity index (χ3v) is 5.23. The number of nitrogens with zero attached hydrogens (tertiary/aromatic N) is 2. The Morgan fingerprint density at radius 3 is 2.27 bits per heavy atom. The maximum atomic E-state index is 12.9. The molecule has 2 aromatic carbocycles. The Hall–Kier alpha value is -2.93. The highest BCUT2D eigenvalue weighted by atomic mass is 32.2. The number of carbonyl (C=O) groups is 1. The first kappa shape index (κ1) is 19.4. The van der Waals surface area contributed by atoms with E-state index in [9.17, 15) is 13.2 Å². The molecule has 6 nitrogen and oxygen atoms in total. The largest absolute Gasteiger partial charge is 0.271 e. The molecule has 0 saturated carbocycles. The van der Waals surface area contributed by atoms with Crippen molar-refractivity contribution in [2.75, 3.05) is 10.8 Å². The molecule has 0 unspecified atom stereocenters. The Morgan fingerprint density at radius 2 is 1.73 bits per heavy atom. The Bertz CT molecular complexity index is 901. The molecule has 0 aliphatic carbocycles. The number of hydrogen-bond donors (Lipinski definition) is 1. The van der Waals surface area contributed by atoms with Gasteiger partial charge in [-0.2, -0.15) is 5.10 Å². The van der Waals surface area contributed by atoms with Gasteiger partial charge in [0.05, 0.1) is 17.1 Å². The summed E-state index contributed by atoms with van der Waals surface area (Å²) < 4.78 is 27.0. The van der Waals surface area contributed by atoms with E-state index in [2.05, 4.69) is 17.1 Å². The van der Waals surface area contributed by atoms with Crippen LogP contribution < -0.4 is 9.73 Å². The molecule has 0 aromatic heterocycles. The van der Waals surface area contributed by atoms with Gasteiger partial charge in [-0.25, -0.2) is 13.8 Å². The average molecular weight is 371 g/mol. The second-order valence-corrected chi connectivity index (χ2v) is 7.55. The fraction of sp³-hybridized carbons (Fsp3) is 0.158. The molecular weight excluding hydrogens is 350 g/mol. The molecule has 2 aromatic rings. The molecule has 0 heterocycles. The van der Waals surface area contributed by atoms with Gasteiger partial charge in [-0.15, -0.1) is 6.58 Å². The van der Waals surface area contributed by atoms with Crippen LogP contribution in [-0.4, -0.2) is 26.6 Å². The number of carbonyl (C=O) groups excluding carboxylic acids is 1. The van der Waals surface area contributed by atoms with E-state index in [0.717, 1.165) is 5.71 Å². The normalized spacial score (nSPS) is 10.7. The molecule has 2 rings (SSSR count). The molecule has 0 aliphatic heterocycles. The van der Waals surface area contributed by atoms with Crippen LogP contribution in [0.3, 0.4) is 0 Å². The van der Waals surface area contributed by atoms with E-state index in [1.807, 2.05) is 0 Å². The summed E-state index contributed by atoms with van der Waals surface area (Å²) in [5.41, 5.74) is 3.98. The van der Waals surface area contributed by atoms with Crippen molar-refractivity contribution in [3.8, 4) is 0 Å². The minimum absolute atomic E-state index is 0.113. The lowest BCUT2D eigenvalue weighted by Gasteiger charge is -2.23. The molecule has 0 radical (unpaired) electrons. The van der Waals surface area contributed by atoms with Crippen molar-refractivity contribution in [1.82, 2.24) is 5.43 Å².